The van der Waals surface area contributed by atoms with Crippen molar-refractivity contribution in [2.45, 2.75) is 24.0 Å². The Bertz CT molecular complexity index is 1130. The molecule has 0 spiro atoms. The van der Waals surface area contributed by atoms with Crippen molar-refractivity contribution in [2.75, 3.05) is 18.4 Å². The molecule has 0 aromatic heterocycles. The smallest absolute Gasteiger partial charge is 0.395 e. The summed E-state index contributed by atoms with van der Waals surface area (Å²) >= 11 is 0. The Morgan fingerprint density at radius 2 is 1.71 bits per heavy atom. The molecule has 2 aliphatic rings. The number of anilines is 1. The lowest BCUT2D eigenvalue weighted by Gasteiger charge is -2.30. The number of piperidine rings is 1. The lowest BCUT2D eigenvalue weighted by Crippen LogP contribution is -2.41. The van der Waals surface area contributed by atoms with Gasteiger partial charge in [-0.25, -0.2) is 17.2 Å². The van der Waals surface area contributed by atoms with E-state index in [9.17, 15) is 30.8 Å². The van der Waals surface area contributed by atoms with Gasteiger partial charge in [0.25, 0.3) is 0 Å². The number of amides is 1. The van der Waals surface area contributed by atoms with Gasteiger partial charge in [0.1, 0.15) is 16.5 Å². The third kappa shape index (κ3) is 4.30. The van der Waals surface area contributed by atoms with Crippen LogP contribution in [0.25, 0.3) is 0 Å². The van der Waals surface area contributed by atoms with Gasteiger partial charge in [-0.15, -0.1) is 8.78 Å². The fourth-order valence-corrected chi connectivity index (χ4v) is 4.99. The number of hydrogen-bond donors (Lipinski definition) is 1. The maximum Gasteiger partial charge on any atom is 0.586 e. The van der Waals surface area contributed by atoms with Crippen LogP contribution in [0.1, 0.15) is 12.8 Å². The SMILES string of the molecule is O=C(Nc1ccc2c(c1)OC(F)(F)O2)C1CCN(S(=O)(=O)c2cc(F)ccc2F)CC1. The molecule has 12 heteroatoms. The second-order valence-corrected chi connectivity index (χ2v) is 8.98. The van der Waals surface area contributed by atoms with Gasteiger partial charge in [0.05, 0.1) is 0 Å². The number of carbonyl (C=O) groups excluding carboxylic acids is 1. The van der Waals surface area contributed by atoms with Crippen LogP contribution in [0.4, 0.5) is 23.2 Å². The van der Waals surface area contributed by atoms with E-state index >= 15 is 0 Å². The van der Waals surface area contributed by atoms with Gasteiger partial charge in [-0.05, 0) is 43.2 Å². The molecule has 0 bridgehead atoms. The Labute approximate surface area is 174 Å². The lowest BCUT2D eigenvalue weighted by molar-refractivity contribution is -0.286. The van der Waals surface area contributed by atoms with Gasteiger partial charge < -0.3 is 14.8 Å². The minimum atomic E-state index is -4.26. The van der Waals surface area contributed by atoms with Gasteiger partial charge in [-0.2, -0.15) is 4.31 Å². The molecule has 2 aliphatic heterocycles. The number of nitrogens with zero attached hydrogens (tertiary/aromatic N) is 1. The maximum atomic E-state index is 13.9. The van der Waals surface area contributed by atoms with Crippen LogP contribution < -0.4 is 14.8 Å². The first kappa shape index (κ1) is 21.4. The van der Waals surface area contributed by atoms with Gasteiger partial charge in [0.15, 0.2) is 11.5 Å². The Morgan fingerprint density at radius 1 is 1.03 bits per heavy atom. The number of carbonyl (C=O) groups is 1. The van der Waals surface area contributed by atoms with Crippen LogP contribution in [0.5, 0.6) is 11.5 Å². The summed E-state index contributed by atoms with van der Waals surface area (Å²) in [4.78, 5) is 11.8. The van der Waals surface area contributed by atoms with Crippen molar-refractivity contribution in [1.82, 2.24) is 4.31 Å². The lowest BCUT2D eigenvalue weighted by atomic mass is 9.97. The zero-order valence-electron chi connectivity index (χ0n) is 15.8. The zero-order chi connectivity index (χ0) is 22.4. The summed E-state index contributed by atoms with van der Waals surface area (Å²) in [5, 5.41) is 2.57. The van der Waals surface area contributed by atoms with Crippen LogP contribution in [0, 0.1) is 17.6 Å². The van der Waals surface area contributed by atoms with Crippen LogP contribution in [0.3, 0.4) is 0 Å². The highest BCUT2D eigenvalue weighted by Crippen LogP contribution is 2.42. The number of fused-ring (bicyclic) bond motifs is 1. The Kier molecular flexibility index (Phi) is 5.30. The fraction of sp³-hybridized carbons (Fsp3) is 0.316. The largest absolute Gasteiger partial charge is 0.586 e. The van der Waals surface area contributed by atoms with Crippen LogP contribution >= 0.6 is 0 Å². The Morgan fingerprint density at radius 3 is 2.42 bits per heavy atom. The van der Waals surface area contributed by atoms with Crippen LogP contribution in [0.15, 0.2) is 41.3 Å². The number of nitrogens with one attached hydrogen (secondary N) is 1. The molecule has 166 valence electrons. The van der Waals surface area contributed by atoms with Gasteiger partial charge >= 0.3 is 6.29 Å². The van der Waals surface area contributed by atoms with E-state index < -0.39 is 44.7 Å². The predicted molar refractivity (Wildman–Crippen MR) is 99.1 cm³/mol. The van der Waals surface area contributed by atoms with Gasteiger partial charge in [0, 0.05) is 30.8 Å². The molecule has 2 aromatic carbocycles. The molecule has 1 N–H and O–H groups in total. The predicted octanol–water partition coefficient (Wildman–Crippen LogP) is 3.33. The molecule has 2 aromatic rings. The van der Waals surface area contributed by atoms with E-state index in [1.54, 1.807) is 0 Å². The number of rotatable bonds is 4. The third-order valence-electron chi connectivity index (χ3n) is 5.00. The van der Waals surface area contributed by atoms with E-state index in [1.807, 2.05) is 0 Å². The number of halogens is 4. The van der Waals surface area contributed by atoms with E-state index in [0.29, 0.717) is 6.07 Å². The molecule has 0 unspecified atom stereocenters. The average Bonchev–Trinajstić information content (AvgIpc) is 3.03. The van der Waals surface area contributed by atoms with E-state index in [4.69, 9.17) is 0 Å². The number of benzene rings is 2. The monoisotopic (exact) mass is 460 g/mol. The zero-order valence-corrected chi connectivity index (χ0v) is 16.6. The maximum absolute atomic E-state index is 13.9. The highest BCUT2D eigenvalue weighted by atomic mass is 32.2. The molecule has 31 heavy (non-hydrogen) atoms. The minimum Gasteiger partial charge on any atom is -0.395 e. The summed E-state index contributed by atoms with van der Waals surface area (Å²) in [5.41, 5.74) is 0.210. The molecular formula is C19H16F4N2O5S. The summed E-state index contributed by atoms with van der Waals surface area (Å²) in [6.45, 7) is -0.131. The fourth-order valence-electron chi connectivity index (χ4n) is 3.44. The van der Waals surface area contributed by atoms with E-state index in [0.717, 1.165) is 16.4 Å². The normalized spacial score (nSPS) is 18.7. The first-order valence-corrected chi connectivity index (χ1v) is 10.7. The first-order chi connectivity index (χ1) is 14.5. The van der Waals surface area contributed by atoms with Crippen LogP contribution in [0.2, 0.25) is 0 Å². The van der Waals surface area contributed by atoms with Crippen molar-refractivity contribution in [3.05, 3.63) is 48.0 Å². The number of alkyl halides is 2. The summed E-state index contributed by atoms with van der Waals surface area (Å²) in [5.74, 6) is -3.31. The van der Waals surface area contributed by atoms with Crippen molar-refractivity contribution in [3.8, 4) is 11.5 Å². The van der Waals surface area contributed by atoms with Crippen molar-refractivity contribution < 1.29 is 40.2 Å². The molecule has 7 nitrogen and oxygen atoms in total. The second-order valence-electron chi connectivity index (χ2n) is 7.07. The van der Waals surface area contributed by atoms with E-state index in [1.165, 1.54) is 18.2 Å². The summed E-state index contributed by atoms with van der Waals surface area (Å²) in [6, 6.07) is 5.97. The van der Waals surface area contributed by atoms with Gasteiger partial charge in [0.2, 0.25) is 15.9 Å². The highest BCUT2D eigenvalue weighted by Gasteiger charge is 2.43. The summed E-state index contributed by atoms with van der Waals surface area (Å²) in [7, 11) is -4.26. The molecule has 0 atom stereocenters. The molecule has 4 rings (SSSR count). The van der Waals surface area contributed by atoms with Crippen LogP contribution in [-0.4, -0.2) is 38.0 Å². The molecule has 0 aliphatic carbocycles. The second kappa shape index (κ2) is 7.68. The Balaban J connectivity index is 1.39. The molecule has 1 amide bonds. The van der Waals surface area contributed by atoms with Crippen molar-refractivity contribution >= 4 is 21.6 Å². The topological polar surface area (TPSA) is 84.9 Å². The van der Waals surface area contributed by atoms with Crippen molar-refractivity contribution in [2.24, 2.45) is 5.92 Å². The number of sulfonamides is 1. The molecule has 0 radical (unpaired) electrons. The summed E-state index contributed by atoms with van der Waals surface area (Å²) in [6.07, 6.45) is -3.49. The number of hydrogen-bond acceptors (Lipinski definition) is 5. The molecule has 0 saturated carbocycles. The number of ether oxygens (including phenoxy) is 2. The van der Waals surface area contributed by atoms with Crippen LogP contribution in [-0.2, 0) is 14.8 Å². The van der Waals surface area contributed by atoms with E-state index in [-0.39, 0.29) is 43.1 Å². The molecule has 2 heterocycles. The van der Waals surface area contributed by atoms with Crippen molar-refractivity contribution in [3.63, 3.8) is 0 Å². The highest BCUT2D eigenvalue weighted by molar-refractivity contribution is 7.89. The summed E-state index contributed by atoms with van der Waals surface area (Å²) < 4.78 is 88.3. The van der Waals surface area contributed by atoms with E-state index in [2.05, 4.69) is 14.8 Å². The quantitative estimate of drug-likeness (QED) is 0.708. The van der Waals surface area contributed by atoms with Gasteiger partial charge in [-0.1, -0.05) is 0 Å². The third-order valence-corrected chi connectivity index (χ3v) is 6.92. The molecular weight excluding hydrogens is 444 g/mol. The van der Waals surface area contributed by atoms with Crippen molar-refractivity contribution in [1.29, 1.82) is 0 Å². The Hall–Kier alpha value is -2.86. The minimum absolute atomic E-state index is 0.0657. The van der Waals surface area contributed by atoms with Gasteiger partial charge in [-0.3, -0.25) is 4.79 Å². The average molecular weight is 460 g/mol. The standard InChI is InChI=1S/C19H16F4N2O5S/c20-12-1-3-14(21)17(9-12)31(27,28)25-7-5-11(6-8-25)18(26)24-13-2-4-15-16(10-13)30-19(22,23)29-15/h1-4,9-11H,5-8H2,(H,24,26). The molecule has 1 saturated heterocycles. The molecule has 1 fully saturated rings. The first-order valence-electron chi connectivity index (χ1n) is 9.21.